The summed E-state index contributed by atoms with van der Waals surface area (Å²) in [6.07, 6.45) is 0. The van der Waals surface area contributed by atoms with Gasteiger partial charge in [0.1, 0.15) is 5.69 Å². The van der Waals surface area contributed by atoms with Crippen LogP contribution in [-0.4, -0.2) is 17.5 Å². The van der Waals surface area contributed by atoms with Crippen molar-refractivity contribution >= 4 is 23.2 Å². The molecular weight excluding hydrogens is 384 g/mol. The minimum Gasteiger partial charge on any atom is -0.466 e. The van der Waals surface area contributed by atoms with Crippen LogP contribution >= 0.6 is 11.6 Å². The number of carbonyl (C=O) groups is 1. The van der Waals surface area contributed by atoms with E-state index in [1.165, 1.54) is 0 Å². The molecule has 0 aliphatic carbocycles. The maximum atomic E-state index is 11.6. The summed E-state index contributed by atoms with van der Waals surface area (Å²) in [5.41, 5.74) is 5.38. The first-order valence-corrected chi connectivity index (χ1v) is 10.5. The normalized spacial score (nSPS) is 11.6. The lowest BCUT2D eigenvalue weighted by molar-refractivity contribution is -0.118. The van der Waals surface area contributed by atoms with Crippen LogP contribution in [0.4, 0.5) is 5.69 Å². The van der Waals surface area contributed by atoms with Crippen molar-refractivity contribution in [2.75, 3.05) is 11.9 Å². The number of aromatic nitrogens is 1. The van der Waals surface area contributed by atoms with Gasteiger partial charge in [-0.3, -0.25) is 4.79 Å². The summed E-state index contributed by atoms with van der Waals surface area (Å²) in [6.45, 7) is 7.98. The number of hydrogen-bond acceptors (Lipinski definition) is 3. The number of halogens is 1. The highest BCUT2D eigenvalue weighted by molar-refractivity contribution is 6.17. The lowest BCUT2D eigenvalue weighted by Crippen LogP contribution is -2.26. The van der Waals surface area contributed by atoms with Crippen LogP contribution in [0, 0.1) is 0 Å². The van der Waals surface area contributed by atoms with Crippen molar-refractivity contribution in [1.82, 2.24) is 4.98 Å². The molecule has 1 aliphatic heterocycles. The lowest BCUT2D eigenvalue weighted by atomic mass is 9.98. The van der Waals surface area contributed by atoms with Gasteiger partial charge in [0, 0.05) is 17.0 Å². The fraction of sp³-hybridized carbons (Fsp3) is 0.250. The van der Waals surface area contributed by atoms with Gasteiger partial charge in [-0.25, -0.2) is 4.98 Å². The first-order chi connectivity index (χ1) is 14.2. The molecule has 0 radical (unpaired) electrons. The number of anilines is 1. The molecule has 29 heavy (non-hydrogen) atoms. The number of carbonyl (C=O) groups excluding carboxylic acids is 1. The van der Waals surface area contributed by atoms with Gasteiger partial charge in [-0.15, -0.1) is 11.6 Å². The van der Waals surface area contributed by atoms with Crippen LogP contribution < -0.4 is 10.1 Å². The molecule has 2 heterocycles. The van der Waals surface area contributed by atoms with E-state index in [-0.39, 0.29) is 12.5 Å². The zero-order chi connectivity index (χ0) is 21.2. The molecule has 0 saturated heterocycles. The molecule has 4 rings (SSSR count). The summed E-state index contributed by atoms with van der Waals surface area (Å²) in [4.78, 5) is 16.3. The largest absolute Gasteiger partial charge is 0.466 e. The molecule has 152 valence electrons. The smallest absolute Gasteiger partial charge is 0.262 e. The summed E-state index contributed by atoms with van der Waals surface area (Å²) < 4.78 is 5.49. The number of pyridine rings is 1. The van der Waals surface area contributed by atoms with Gasteiger partial charge in [-0.2, -0.15) is 0 Å². The Morgan fingerprint density at radius 2 is 1.62 bits per heavy atom. The Morgan fingerprint density at radius 3 is 2.24 bits per heavy atom. The number of amides is 1. The zero-order valence-corrected chi connectivity index (χ0v) is 18.1. The summed E-state index contributed by atoms with van der Waals surface area (Å²) in [7, 11) is 0. The van der Waals surface area contributed by atoms with Crippen LogP contribution in [0.1, 0.15) is 33.3 Å². The minimum absolute atomic E-state index is 0.0185. The number of nitrogens with zero attached hydrogens (tertiary/aromatic N) is 1. The second-order valence-corrected chi connectivity index (χ2v) is 6.04. The van der Waals surface area contributed by atoms with Crippen molar-refractivity contribution in [2.24, 2.45) is 0 Å². The lowest BCUT2D eigenvalue weighted by Gasteiger charge is -2.20. The van der Waals surface area contributed by atoms with Crippen molar-refractivity contribution in [2.45, 2.75) is 33.6 Å². The molecule has 0 bridgehead atoms. The molecule has 4 nitrogen and oxygen atoms in total. The number of alkyl halides is 1. The molecule has 0 atom stereocenters. The average molecular weight is 411 g/mol. The number of fused-ring (bicyclic) bond motifs is 1. The van der Waals surface area contributed by atoms with Gasteiger partial charge in [-0.1, -0.05) is 82.3 Å². The van der Waals surface area contributed by atoms with E-state index in [2.05, 4.69) is 10.3 Å². The molecule has 0 spiro atoms. The molecule has 1 aromatic heterocycles. The molecule has 2 aromatic carbocycles. The van der Waals surface area contributed by atoms with E-state index in [9.17, 15) is 4.79 Å². The van der Waals surface area contributed by atoms with Gasteiger partial charge in [-0.05, 0) is 17.2 Å². The van der Waals surface area contributed by atoms with Crippen LogP contribution in [0.3, 0.4) is 0 Å². The summed E-state index contributed by atoms with van der Waals surface area (Å²) >= 11 is 5.89. The van der Waals surface area contributed by atoms with Crippen molar-refractivity contribution in [3.63, 3.8) is 0 Å². The Morgan fingerprint density at radius 1 is 0.966 bits per heavy atom. The van der Waals surface area contributed by atoms with Crippen LogP contribution in [0.5, 0.6) is 5.88 Å². The fourth-order valence-electron chi connectivity index (χ4n) is 2.83. The SMILES string of the molecule is CC.CC.O=C1COc2nc(-c3ccc(CCl)cc3)c(-c3ccccc3)cc2N1. The first-order valence-electron chi connectivity index (χ1n) is 9.93. The van der Waals surface area contributed by atoms with Crippen LogP contribution in [-0.2, 0) is 10.7 Å². The Bertz CT molecular complexity index is 926. The predicted octanol–water partition coefficient (Wildman–Crippen LogP) is 6.54. The molecule has 0 saturated carbocycles. The summed E-state index contributed by atoms with van der Waals surface area (Å²) in [6, 6.07) is 19.8. The van der Waals surface area contributed by atoms with Gasteiger partial charge < -0.3 is 10.1 Å². The first kappa shape index (κ1) is 22.4. The third kappa shape index (κ3) is 5.36. The average Bonchev–Trinajstić information content (AvgIpc) is 2.81. The maximum absolute atomic E-state index is 11.6. The molecule has 1 aliphatic rings. The van der Waals surface area contributed by atoms with Crippen LogP contribution in [0.15, 0.2) is 60.7 Å². The summed E-state index contributed by atoms with van der Waals surface area (Å²) in [5.74, 6) is 0.738. The van der Waals surface area contributed by atoms with E-state index in [1.807, 2.05) is 88.4 Å². The van der Waals surface area contributed by atoms with Crippen molar-refractivity contribution in [3.05, 3.63) is 66.2 Å². The van der Waals surface area contributed by atoms with E-state index >= 15 is 0 Å². The van der Waals surface area contributed by atoms with Gasteiger partial charge in [0.2, 0.25) is 5.88 Å². The van der Waals surface area contributed by atoms with Crippen molar-refractivity contribution < 1.29 is 9.53 Å². The third-order valence-corrected chi connectivity index (χ3v) is 4.38. The number of rotatable bonds is 3. The van der Waals surface area contributed by atoms with Crippen molar-refractivity contribution in [3.8, 4) is 28.3 Å². The van der Waals surface area contributed by atoms with E-state index in [0.29, 0.717) is 17.4 Å². The topological polar surface area (TPSA) is 51.2 Å². The third-order valence-electron chi connectivity index (χ3n) is 4.07. The predicted molar refractivity (Wildman–Crippen MR) is 121 cm³/mol. The number of benzene rings is 2. The molecule has 1 N–H and O–H groups in total. The Hall–Kier alpha value is -2.85. The quantitative estimate of drug-likeness (QED) is 0.499. The maximum Gasteiger partial charge on any atom is 0.262 e. The van der Waals surface area contributed by atoms with Crippen LogP contribution in [0.2, 0.25) is 0 Å². The van der Waals surface area contributed by atoms with E-state index in [4.69, 9.17) is 16.3 Å². The van der Waals surface area contributed by atoms with E-state index in [1.54, 1.807) is 0 Å². The zero-order valence-electron chi connectivity index (χ0n) is 17.3. The van der Waals surface area contributed by atoms with Gasteiger partial charge in [0.15, 0.2) is 6.61 Å². The highest BCUT2D eigenvalue weighted by Crippen LogP contribution is 2.38. The van der Waals surface area contributed by atoms with Gasteiger partial charge in [0.05, 0.1) is 5.69 Å². The monoisotopic (exact) mass is 410 g/mol. The number of ether oxygens (including phenoxy) is 1. The van der Waals surface area contributed by atoms with Crippen LogP contribution in [0.25, 0.3) is 22.4 Å². The molecule has 3 aromatic rings. The highest BCUT2D eigenvalue weighted by Gasteiger charge is 2.21. The number of nitrogens with one attached hydrogen (secondary N) is 1. The van der Waals surface area contributed by atoms with E-state index in [0.717, 1.165) is 27.9 Å². The minimum atomic E-state index is -0.174. The summed E-state index contributed by atoms with van der Waals surface area (Å²) in [5, 5.41) is 2.82. The molecule has 1 amide bonds. The molecule has 0 fully saturated rings. The van der Waals surface area contributed by atoms with E-state index < -0.39 is 0 Å². The Labute approximate surface area is 177 Å². The standard InChI is InChI=1S/C20H15ClN2O2.2C2H6/c21-11-13-6-8-15(9-7-13)19-16(14-4-2-1-3-5-14)10-17-20(23-19)25-12-18(24)22-17;2*1-2/h1-10H,11-12H2,(H,22,24);2*1-2H3. The molecule has 5 heteroatoms. The molecular formula is C24H27ClN2O2. The second-order valence-electron chi connectivity index (χ2n) is 5.77. The number of hydrogen-bond donors (Lipinski definition) is 1. The van der Waals surface area contributed by atoms with Crippen molar-refractivity contribution in [1.29, 1.82) is 0 Å². The van der Waals surface area contributed by atoms with Gasteiger partial charge >= 0.3 is 0 Å². The second kappa shape index (κ2) is 11.2. The Kier molecular flexibility index (Phi) is 8.68. The molecule has 0 unspecified atom stereocenters. The fourth-order valence-corrected chi connectivity index (χ4v) is 3.00. The highest BCUT2D eigenvalue weighted by atomic mass is 35.5. The van der Waals surface area contributed by atoms with Gasteiger partial charge in [0.25, 0.3) is 5.91 Å². The Balaban J connectivity index is 0.000000707.